The Morgan fingerprint density at radius 3 is 2.70 bits per heavy atom. The van der Waals surface area contributed by atoms with Gasteiger partial charge in [0.05, 0.1) is 0 Å². The molecule has 2 aromatic heterocycles. The van der Waals surface area contributed by atoms with Crippen molar-refractivity contribution in [2.24, 2.45) is 0 Å². The van der Waals surface area contributed by atoms with Crippen LogP contribution in [0.2, 0.25) is 0 Å². The molecule has 124 valence electrons. The summed E-state index contributed by atoms with van der Waals surface area (Å²) in [7, 11) is 0. The van der Waals surface area contributed by atoms with Crippen molar-refractivity contribution in [3.63, 3.8) is 0 Å². The second-order valence-electron chi connectivity index (χ2n) is 6.88. The highest BCUT2D eigenvalue weighted by Crippen LogP contribution is 2.33. The van der Waals surface area contributed by atoms with Gasteiger partial charge in [0.1, 0.15) is 11.3 Å². The number of pyridine rings is 1. The number of piperidine rings is 2. The molecule has 0 spiro atoms. The number of nitrogens with zero attached hydrogens (tertiary/aromatic N) is 4. The predicted octanol–water partition coefficient (Wildman–Crippen LogP) is 2.56. The minimum Gasteiger partial charge on any atom is -0.317 e. The molecule has 2 aliphatic heterocycles. The summed E-state index contributed by atoms with van der Waals surface area (Å²) in [4.78, 5) is 12.2. The van der Waals surface area contributed by atoms with E-state index in [1.165, 1.54) is 44.6 Å². The van der Waals surface area contributed by atoms with Crippen LogP contribution in [0.3, 0.4) is 0 Å². The summed E-state index contributed by atoms with van der Waals surface area (Å²) in [6.45, 7) is 8.02. The molecular formula is C18H27N5. The average molecular weight is 313 g/mol. The van der Waals surface area contributed by atoms with Crippen LogP contribution < -0.4 is 5.32 Å². The zero-order valence-corrected chi connectivity index (χ0v) is 14.0. The number of fused-ring (bicyclic) bond motifs is 1. The van der Waals surface area contributed by atoms with Crippen molar-refractivity contribution in [3.8, 4) is 0 Å². The monoisotopic (exact) mass is 313 g/mol. The van der Waals surface area contributed by atoms with E-state index in [1.807, 2.05) is 12.3 Å². The first-order chi connectivity index (χ1) is 11.4. The Morgan fingerprint density at radius 2 is 1.96 bits per heavy atom. The summed E-state index contributed by atoms with van der Waals surface area (Å²) in [5.74, 6) is 1.87. The van der Waals surface area contributed by atoms with Crippen LogP contribution in [-0.2, 0) is 0 Å². The molecule has 2 aromatic rings. The molecule has 2 saturated heterocycles. The van der Waals surface area contributed by atoms with Crippen LogP contribution >= 0.6 is 0 Å². The first-order valence-electron chi connectivity index (χ1n) is 9.12. The van der Waals surface area contributed by atoms with E-state index >= 15 is 0 Å². The summed E-state index contributed by atoms with van der Waals surface area (Å²) >= 11 is 0. The summed E-state index contributed by atoms with van der Waals surface area (Å²) < 4.78 is 2.50. The van der Waals surface area contributed by atoms with E-state index in [1.54, 1.807) is 0 Å². The Morgan fingerprint density at radius 1 is 1.17 bits per heavy atom. The molecule has 5 heteroatoms. The molecule has 0 atom stereocenters. The van der Waals surface area contributed by atoms with Gasteiger partial charge < -0.3 is 14.8 Å². The molecule has 0 amide bonds. The number of likely N-dealkylation sites (tertiary alicyclic amines) is 1. The molecular weight excluding hydrogens is 286 g/mol. The van der Waals surface area contributed by atoms with E-state index in [2.05, 4.69) is 32.8 Å². The van der Waals surface area contributed by atoms with Crippen molar-refractivity contribution >= 4 is 11.2 Å². The quantitative estimate of drug-likeness (QED) is 0.946. The molecule has 4 heterocycles. The third-order valence-corrected chi connectivity index (χ3v) is 5.55. The predicted molar refractivity (Wildman–Crippen MR) is 92.8 cm³/mol. The molecule has 0 aromatic carbocycles. The van der Waals surface area contributed by atoms with E-state index in [9.17, 15) is 0 Å². The van der Waals surface area contributed by atoms with Crippen molar-refractivity contribution in [1.82, 2.24) is 24.8 Å². The lowest BCUT2D eigenvalue weighted by Crippen LogP contribution is -2.35. The van der Waals surface area contributed by atoms with Crippen LogP contribution in [0.4, 0.5) is 0 Å². The number of rotatable bonds is 3. The minimum absolute atomic E-state index is 0.558. The summed E-state index contributed by atoms with van der Waals surface area (Å²) in [5.41, 5.74) is 2.16. The van der Waals surface area contributed by atoms with E-state index in [0.29, 0.717) is 12.0 Å². The smallest absolute Gasteiger partial charge is 0.160 e. The topological polar surface area (TPSA) is 46.0 Å². The van der Waals surface area contributed by atoms with E-state index in [0.717, 1.165) is 30.8 Å². The summed E-state index contributed by atoms with van der Waals surface area (Å²) in [6.07, 6.45) is 6.73. The summed E-state index contributed by atoms with van der Waals surface area (Å²) in [5, 5.41) is 3.47. The van der Waals surface area contributed by atoms with Crippen LogP contribution in [0.15, 0.2) is 18.3 Å². The second-order valence-corrected chi connectivity index (χ2v) is 6.88. The fourth-order valence-electron chi connectivity index (χ4n) is 4.17. The molecule has 5 nitrogen and oxygen atoms in total. The molecule has 23 heavy (non-hydrogen) atoms. The van der Waals surface area contributed by atoms with Crippen LogP contribution in [0.1, 0.15) is 50.4 Å². The van der Waals surface area contributed by atoms with E-state index < -0.39 is 0 Å². The second kappa shape index (κ2) is 6.57. The first kappa shape index (κ1) is 15.1. The summed E-state index contributed by atoms with van der Waals surface area (Å²) in [6, 6.07) is 4.68. The highest BCUT2D eigenvalue weighted by Gasteiger charge is 2.28. The van der Waals surface area contributed by atoms with Gasteiger partial charge in [0.15, 0.2) is 5.65 Å². The third kappa shape index (κ3) is 2.88. The van der Waals surface area contributed by atoms with Crippen molar-refractivity contribution in [3.05, 3.63) is 24.2 Å². The number of nitrogens with one attached hydrogen (secondary N) is 1. The molecule has 2 fully saturated rings. The SMILES string of the molecule is CCN1CCC(n2c(C3CCNCC3)nc3cccnc32)CC1. The van der Waals surface area contributed by atoms with Gasteiger partial charge in [-0.2, -0.15) is 0 Å². The molecule has 0 saturated carbocycles. The largest absolute Gasteiger partial charge is 0.317 e. The van der Waals surface area contributed by atoms with Crippen LogP contribution in [-0.4, -0.2) is 52.2 Å². The van der Waals surface area contributed by atoms with E-state index in [-0.39, 0.29) is 0 Å². The maximum Gasteiger partial charge on any atom is 0.160 e. The zero-order valence-electron chi connectivity index (χ0n) is 14.0. The van der Waals surface area contributed by atoms with Gasteiger partial charge in [-0.25, -0.2) is 9.97 Å². The van der Waals surface area contributed by atoms with Gasteiger partial charge in [-0.1, -0.05) is 6.92 Å². The first-order valence-corrected chi connectivity index (χ1v) is 9.12. The maximum absolute atomic E-state index is 5.01. The van der Waals surface area contributed by atoms with E-state index in [4.69, 9.17) is 4.98 Å². The molecule has 2 aliphatic rings. The van der Waals surface area contributed by atoms with Crippen molar-refractivity contribution < 1.29 is 0 Å². The molecule has 0 radical (unpaired) electrons. The molecule has 0 unspecified atom stereocenters. The molecule has 0 aliphatic carbocycles. The highest BCUT2D eigenvalue weighted by molar-refractivity contribution is 5.71. The Labute approximate surface area is 138 Å². The lowest BCUT2D eigenvalue weighted by atomic mass is 9.96. The van der Waals surface area contributed by atoms with Gasteiger partial charge in [0, 0.05) is 31.2 Å². The maximum atomic E-state index is 5.01. The standard InChI is InChI=1S/C18H27N5/c1-2-22-12-7-15(8-13-22)23-17(14-5-10-19-11-6-14)21-16-4-3-9-20-18(16)23/h3-4,9,14-15,19H,2,5-8,10-13H2,1H3. The fourth-order valence-corrected chi connectivity index (χ4v) is 4.17. The lowest BCUT2D eigenvalue weighted by Gasteiger charge is -2.34. The van der Waals surface area contributed by atoms with Crippen molar-refractivity contribution in [2.75, 3.05) is 32.7 Å². The third-order valence-electron chi connectivity index (χ3n) is 5.55. The minimum atomic E-state index is 0.558. The number of aromatic nitrogens is 3. The molecule has 0 bridgehead atoms. The highest BCUT2D eigenvalue weighted by atomic mass is 15.2. The van der Waals surface area contributed by atoms with Crippen molar-refractivity contribution in [2.45, 2.75) is 44.6 Å². The Kier molecular flexibility index (Phi) is 4.31. The van der Waals surface area contributed by atoms with Crippen LogP contribution in [0, 0.1) is 0 Å². The Bertz CT molecular complexity index is 650. The van der Waals surface area contributed by atoms with Gasteiger partial charge in [-0.3, -0.25) is 0 Å². The van der Waals surface area contributed by atoms with Gasteiger partial charge in [-0.15, -0.1) is 0 Å². The normalized spacial score (nSPS) is 22.0. The zero-order chi connectivity index (χ0) is 15.6. The van der Waals surface area contributed by atoms with Crippen molar-refractivity contribution in [1.29, 1.82) is 0 Å². The van der Waals surface area contributed by atoms with Gasteiger partial charge in [-0.05, 0) is 57.5 Å². The van der Waals surface area contributed by atoms with Gasteiger partial charge >= 0.3 is 0 Å². The number of imidazole rings is 1. The van der Waals surface area contributed by atoms with Gasteiger partial charge in [0.25, 0.3) is 0 Å². The molecule has 1 N–H and O–H groups in total. The lowest BCUT2D eigenvalue weighted by molar-refractivity contribution is 0.193. The fraction of sp³-hybridized carbons (Fsp3) is 0.667. The van der Waals surface area contributed by atoms with Crippen LogP contribution in [0.5, 0.6) is 0 Å². The number of hydrogen-bond donors (Lipinski definition) is 1. The molecule has 4 rings (SSSR count). The Balaban J connectivity index is 1.71. The van der Waals surface area contributed by atoms with Gasteiger partial charge in [0.2, 0.25) is 0 Å². The van der Waals surface area contributed by atoms with Crippen LogP contribution in [0.25, 0.3) is 11.2 Å². The number of hydrogen-bond acceptors (Lipinski definition) is 4. The Hall–Kier alpha value is -1.46. The average Bonchev–Trinajstić information content (AvgIpc) is 3.02.